The van der Waals surface area contributed by atoms with E-state index >= 15 is 8.78 Å². The number of benzene rings is 3. The molecule has 13 nitrogen and oxygen atoms in total. The maximum atomic E-state index is 15.1. The number of amides is 1. The van der Waals surface area contributed by atoms with Crippen LogP contribution in [0, 0.1) is 11.6 Å². The predicted molar refractivity (Wildman–Crippen MR) is 179 cm³/mol. The molecule has 0 saturated carbocycles. The molecule has 50 heavy (non-hydrogen) atoms. The molecule has 3 heterocycles. The highest BCUT2D eigenvalue weighted by molar-refractivity contribution is 7.92. The van der Waals surface area contributed by atoms with Crippen LogP contribution in [0.4, 0.5) is 14.5 Å². The Balaban J connectivity index is 1.17. The van der Waals surface area contributed by atoms with Crippen LogP contribution in [0.3, 0.4) is 0 Å². The first-order valence-electron chi connectivity index (χ1n) is 14.9. The summed E-state index contributed by atoms with van der Waals surface area (Å²) in [5.41, 5.74) is -0.490. The van der Waals surface area contributed by atoms with Crippen molar-refractivity contribution in [2.75, 3.05) is 4.72 Å². The van der Waals surface area contributed by atoms with E-state index < -0.39 is 62.1 Å². The van der Waals surface area contributed by atoms with Crippen LogP contribution in [-0.2, 0) is 28.3 Å². The molecule has 0 spiro atoms. The number of aliphatic imine (C=N–C) groups is 1. The molecule has 1 amide bonds. The fraction of sp³-hybridized carbons (Fsp3) is 0.118. The van der Waals surface area contributed by atoms with Crippen molar-refractivity contribution < 1.29 is 31.9 Å². The van der Waals surface area contributed by atoms with Gasteiger partial charge in [0.2, 0.25) is 0 Å². The Morgan fingerprint density at radius 3 is 2.30 bits per heavy atom. The third kappa shape index (κ3) is 6.55. The number of hydrogen-bond acceptors (Lipinski definition) is 8. The van der Waals surface area contributed by atoms with E-state index in [0.29, 0.717) is 35.2 Å². The Bertz CT molecular complexity index is 2450. The van der Waals surface area contributed by atoms with Crippen LogP contribution in [0.15, 0.2) is 111 Å². The summed E-state index contributed by atoms with van der Waals surface area (Å²) in [5, 5.41) is 12.1. The molecule has 0 fully saturated rings. The molecule has 0 saturated heterocycles. The van der Waals surface area contributed by atoms with Crippen molar-refractivity contribution in [1.82, 2.24) is 19.4 Å². The maximum Gasteiger partial charge on any atom is 0.335 e. The number of rotatable bonds is 10. The molecule has 16 heteroatoms. The Hall–Kier alpha value is -6.29. The fourth-order valence-corrected chi connectivity index (χ4v) is 6.45. The highest BCUT2D eigenvalue weighted by Crippen LogP contribution is 2.23. The first-order valence-corrected chi connectivity index (χ1v) is 16.3. The van der Waals surface area contributed by atoms with Crippen LogP contribution in [0.2, 0.25) is 0 Å². The smallest absolute Gasteiger partial charge is 0.335 e. The van der Waals surface area contributed by atoms with Crippen molar-refractivity contribution in [2.45, 2.75) is 23.8 Å². The van der Waals surface area contributed by atoms with Gasteiger partial charge in [0.05, 0.1) is 39.1 Å². The standard InChI is InChI=1S/C34H26F2N6O7S/c1-41-29-18-37-14-12-24(29)32(44)42(34(41)47)22-8-4-19(5-9-22)15-28(33(45)46)39-31(43)30-25(35)16-21(17-26(30)36)40-50(48,49)23-10-6-20(7-11-23)27-3-2-13-38-27/h2,4-14,16-18,28,40H,3,15H2,1H3,(H,39,43)(H,45,46)/t28-/m0/s1. The molecular formula is C34H26F2N6O7S. The molecule has 3 N–H and O–H groups in total. The van der Waals surface area contributed by atoms with Crippen LogP contribution < -0.4 is 21.3 Å². The van der Waals surface area contributed by atoms with Gasteiger partial charge < -0.3 is 10.4 Å². The topological polar surface area (TPSA) is 182 Å². The lowest BCUT2D eigenvalue weighted by Crippen LogP contribution is -2.43. The summed E-state index contributed by atoms with van der Waals surface area (Å²) < 4.78 is 60.2. The number of aryl methyl sites for hydroxylation is 1. The number of fused-ring (bicyclic) bond motifs is 1. The molecule has 254 valence electrons. The number of halogens is 2. The number of nitrogens with zero attached hydrogens (tertiary/aromatic N) is 4. The minimum absolute atomic E-state index is 0.183. The molecule has 5 aromatic rings. The van der Waals surface area contributed by atoms with Gasteiger partial charge in [-0.15, -0.1) is 0 Å². The normalized spacial score (nSPS) is 13.2. The highest BCUT2D eigenvalue weighted by Gasteiger charge is 2.27. The Kier molecular flexibility index (Phi) is 8.95. The molecule has 1 atom stereocenters. The number of sulfonamides is 1. The molecule has 2 aromatic heterocycles. The van der Waals surface area contributed by atoms with E-state index in [-0.39, 0.29) is 22.4 Å². The largest absolute Gasteiger partial charge is 0.480 e. The first-order chi connectivity index (χ1) is 23.8. The van der Waals surface area contributed by atoms with Gasteiger partial charge in [-0.3, -0.25) is 28.9 Å². The molecule has 0 bridgehead atoms. The lowest BCUT2D eigenvalue weighted by atomic mass is 10.0. The van der Waals surface area contributed by atoms with Crippen LogP contribution in [0.25, 0.3) is 16.6 Å². The van der Waals surface area contributed by atoms with Crippen molar-refractivity contribution in [3.8, 4) is 5.69 Å². The van der Waals surface area contributed by atoms with E-state index in [4.69, 9.17) is 0 Å². The zero-order valence-electron chi connectivity index (χ0n) is 26.0. The van der Waals surface area contributed by atoms with Crippen molar-refractivity contribution in [3.63, 3.8) is 0 Å². The van der Waals surface area contributed by atoms with Gasteiger partial charge in [-0.1, -0.05) is 30.3 Å². The number of anilines is 1. The lowest BCUT2D eigenvalue weighted by molar-refractivity contribution is -0.139. The van der Waals surface area contributed by atoms with E-state index in [0.717, 1.165) is 10.3 Å². The van der Waals surface area contributed by atoms with E-state index in [9.17, 15) is 32.7 Å². The second-order valence-electron chi connectivity index (χ2n) is 11.2. The Morgan fingerprint density at radius 1 is 1.00 bits per heavy atom. The molecule has 0 unspecified atom stereocenters. The number of aliphatic carboxylic acids is 1. The third-order valence-electron chi connectivity index (χ3n) is 7.98. The molecule has 6 rings (SSSR count). The van der Waals surface area contributed by atoms with Crippen LogP contribution >= 0.6 is 0 Å². The number of pyridine rings is 1. The van der Waals surface area contributed by atoms with E-state index in [1.54, 1.807) is 18.3 Å². The van der Waals surface area contributed by atoms with Crippen LogP contribution in [0.1, 0.15) is 27.9 Å². The van der Waals surface area contributed by atoms with Gasteiger partial charge in [0.25, 0.3) is 21.5 Å². The number of allylic oxidation sites excluding steroid dienone is 1. The van der Waals surface area contributed by atoms with Crippen molar-refractivity contribution in [2.24, 2.45) is 12.0 Å². The summed E-state index contributed by atoms with van der Waals surface area (Å²) in [6.45, 7) is 0. The van der Waals surface area contributed by atoms with Gasteiger partial charge in [-0.25, -0.2) is 31.4 Å². The first kappa shape index (κ1) is 33.6. The minimum atomic E-state index is -4.28. The van der Waals surface area contributed by atoms with Gasteiger partial charge in [-0.05, 0) is 53.6 Å². The number of aromatic nitrogens is 3. The summed E-state index contributed by atoms with van der Waals surface area (Å²) in [7, 11) is -2.79. The Labute approximate surface area is 281 Å². The van der Waals surface area contributed by atoms with Gasteiger partial charge in [0.1, 0.15) is 23.2 Å². The quantitative estimate of drug-likeness (QED) is 0.198. The molecule has 1 aliphatic rings. The summed E-state index contributed by atoms with van der Waals surface area (Å²) >= 11 is 0. The van der Waals surface area contributed by atoms with Crippen molar-refractivity contribution in [1.29, 1.82) is 0 Å². The molecular weight excluding hydrogens is 674 g/mol. The van der Waals surface area contributed by atoms with Crippen LogP contribution in [0.5, 0.6) is 0 Å². The number of carboxylic acids is 1. The number of hydrogen-bond donors (Lipinski definition) is 3. The number of carboxylic acid groups (broad SMARTS) is 1. The average Bonchev–Trinajstić information content (AvgIpc) is 3.63. The number of carbonyl (C=O) groups is 2. The van der Waals surface area contributed by atoms with Gasteiger partial charge in [0.15, 0.2) is 0 Å². The molecule has 3 aromatic carbocycles. The second-order valence-corrected chi connectivity index (χ2v) is 12.9. The van der Waals surface area contributed by atoms with E-state index in [2.05, 4.69) is 20.0 Å². The summed E-state index contributed by atoms with van der Waals surface area (Å²) in [6, 6.07) is 12.5. The van der Waals surface area contributed by atoms with E-state index in [1.165, 1.54) is 66.5 Å². The van der Waals surface area contributed by atoms with E-state index in [1.807, 2.05) is 6.08 Å². The third-order valence-corrected chi connectivity index (χ3v) is 9.37. The SMILES string of the molecule is Cn1c(=O)n(-c2ccc(C[C@H](NC(=O)c3c(F)cc(NS(=O)(=O)c4ccc(C5=NC=CC5)cc4)cc3F)C(=O)O)cc2)c(=O)c2ccncc21. The molecule has 0 aliphatic carbocycles. The van der Waals surface area contributed by atoms with Crippen molar-refractivity contribution >= 4 is 44.2 Å². The highest BCUT2D eigenvalue weighted by atomic mass is 32.2. The Morgan fingerprint density at radius 2 is 1.68 bits per heavy atom. The summed E-state index contributed by atoms with van der Waals surface area (Å²) in [4.78, 5) is 58.9. The summed E-state index contributed by atoms with van der Waals surface area (Å²) in [6.07, 6.45) is 6.56. The summed E-state index contributed by atoms with van der Waals surface area (Å²) in [5.74, 6) is -5.77. The monoisotopic (exact) mass is 700 g/mol. The van der Waals surface area contributed by atoms with Gasteiger partial charge in [-0.2, -0.15) is 0 Å². The molecule has 1 aliphatic heterocycles. The fourth-order valence-electron chi connectivity index (χ4n) is 5.41. The van der Waals surface area contributed by atoms with Gasteiger partial charge >= 0.3 is 11.7 Å². The maximum absolute atomic E-state index is 15.1. The lowest BCUT2D eigenvalue weighted by Gasteiger charge is -2.16. The number of carbonyl (C=O) groups excluding carboxylic acids is 1. The minimum Gasteiger partial charge on any atom is -0.480 e. The average molecular weight is 701 g/mol. The zero-order valence-corrected chi connectivity index (χ0v) is 26.8. The van der Waals surface area contributed by atoms with Crippen LogP contribution in [-0.4, -0.2) is 51.3 Å². The molecule has 0 radical (unpaired) electrons. The van der Waals surface area contributed by atoms with Gasteiger partial charge in [0, 0.05) is 32.3 Å². The zero-order chi connectivity index (χ0) is 35.7. The second kappa shape index (κ2) is 13.3. The predicted octanol–water partition coefficient (Wildman–Crippen LogP) is 3.30. The van der Waals surface area contributed by atoms with Crippen molar-refractivity contribution in [3.05, 3.63) is 141 Å². The number of nitrogens with one attached hydrogen (secondary N) is 2.